The second-order valence-electron chi connectivity index (χ2n) is 4.65. The molecule has 3 rings (SSSR count). The Kier molecular flexibility index (Phi) is 3.60. The van der Waals surface area contributed by atoms with E-state index in [1.54, 1.807) is 12.0 Å². The van der Waals surface area contributed by atoms with E-state index in [2.05, 4.69) is 0 Å². The van der Waals surface area contributed by atoms with Crippen LogP contribution >= 0.6 is 0 Å². The van der Waals surface area contributed by atoms with Crippen LogP contribution < -0.4 is 9.64 Å². The highest BCUT2D eigenvalue weighted by Crippen LogP contribution is 2.26. The second-order valence-corrected chi connectivity index (χ2v) is 4.65. The number of hydrogen-bond donors (Lipinski definition) is 0. The van der Waals surface area contributed by atoms with Gasteiger partial charge in [0.15, 0.2) is 0 Å². The smallest absolute Gasteiger partial charge is 0.254 e. The van der Waals surface area contributed by atoms with E-state index in [1.807, 2.05) is 54.6 Å². The summed E-state index contributed by atoms with van der Waals surface area (Å²) in [6, 6.07) is 17.0. The third kappa shape index (κ3) is 2.89. The van der Waals surface area contributed by atoms with Crippen molar-refractivity contribution in [1.29, 1.82) is 0 Å². The maximum atomic E-state index is 11.9. The SMILES string of the molecule is COC1=CC(=O)N(c2ccc(Oc3ccccc3)cc2)C1. The first-order valence-corrected chi connectivity index (χ1v) is 6.65. The minimum absolute atomic E-state index is 0.0661. The lowest BCUT2D eigenvalue weighted by atomic mass is 10.2. The van der Waals surface area contributed by atoms with Crippen molar-refractivity contribution in [2.45, 2.75) is 0 Å². The van der Waals surface area contributed by atoms with Crippen LogP contribution in [-0.2, 0) is 9.53 Å². The minimum atomic E-state index is -0.0661. The molecule has 0 bridgehead atoms. The maximum absolute atomic E-state index is 11.9. The van der Waals surface area contributed by atoms with Gasteiger partial charge in [0.25, 0.3) is 5.91 Å². The number of para-hydroxylation sites is 1. The fourth-order valence-electron chi connectivity index (χ4n) is 2.16. The number of methoxy groups -OCH3 is 1. The summed E-state index contributed by atoms with van der Waals surface area (Å²) in [5.41, 5.74) is 0.823. The van der Waals surface area contributed by atoms with Gasteiger partial charge in [-0.25, -0.2) is 0 Å². The summed E-state index contributed by atoms with van der Waals surface area (Å²) in [6.07, 6.45) is 1.51. The van der Waals surface area contributed by atoms with Crippen LogP contribution in [0.15, 0.2) is 66.4 Å². The monoisotopic (exact) mass is 281 g/mol. The number of amides is 1. The maximum Gasteiger partial charge on any atom is 0.254 e. The Morgan fingerprint density at radius 2 is 1.62 bits per heavy atom. The lowest BCUT2D eigenvalue weighted by Gasteiger charge is -2.16. The first kappa shape index (κ1) is 13.2. The van der Waals surface area contributed by atoms with Gasteiger partial charge in [-0.1, -0.05) is 18.2 Å². The number of hydrogen-bond acceptors (Lipinski definition) is 3. The van der Waals surface area contributed by atoms with Crippen LogP contribution in [0.1, 0.15) is 0 Å². The molecule has 1 aliphatic heterocycles. The average molecular weight is 281 g/mol. The van der Waals surface area contributed by atoms with E-state index in [0.29, 0.717) is 12.3 Å². The van der Waals surface area contributed by atoms with Crippen LogP contribution in [0, 0.1) is 0 Å². The molecule has 0 unspecified atom stereocenters. The highest BCUT2D eigenvalue weighted by molar-refractivity contribution is 6.04. The Bertz CT molecular complexity index is 662. The summed E-state index contributed by atoms with van der Waals surface area (Å²) in [6.45, 7) is 0.466. The Morgan fingerprint density at radius 3 is 2.24 bits per heavy atom. The van der Waals surface area contributed by atoms with Gasteiger partial charge in [0, 0.05) is 11.8 Å². The molecule has 0 saturated carbocycles. The standard InChI is InChI=1S/C17H15NO3/c1-20-16-11-17(19)18(12-16)13-7-9-15(10-8-13)21-14-5-3-2-4-6-14/h2-11H,12H2,1H3. The predicted octanol–water partition coefficient (Wildman–Crippen LogP) is 3.36. The molecule has 4 heteroatoms. The summed E-state index contributed by atoms with van der Waals surface area (Å²) in [7, 11) is 1.57. The number of carbonyl (C=O) groups excluding carboxylic acids is 1. The molecule has 21 heavy (non-hydrogen) atoms. The van der Waals surface area contributed by atoms with Crippen molar-refractivity contribution in [3.05, 3.63) is 66.4 Å². The number of ether oxygens (including phenoxy) is 2. The zero-order chi connectivity index (χ0) is 14.7. The number of benzene rings is 2. The predicted molar refractivity (Wildman–Crippen MR) is 80.4 cm³/mol. The van der Waals surface area contributed by atoms with E-state index in [1.165, 1.54) is 6.08 Å². The fraction of sp³-hybridized carbons (Fsp3) is 0.118. The molecule has 0 aromatic heterocycles. The van der Waals surface area contributed by atoms with E-state index in [0.717, 1.165) is 17.2 Å². The summed E-state index contributed by atoms with van der Waals surface area (Å²) >= 11 is 0. The van der Waals surface area contributed by atoms with Gasteiger partial charge in [-0.05, 0) is 36.4 Å². The minimum Gasteiger partial charge on any atom is -0.499 e. The van der Waals surface area contributed by atoms with Gasteiger partial charge < -0.3 is 14.4 Å². The molecule has 0 fully saturated rings. The van der Waals surface area contributed by atoms with Gasteiger partial charge in [0.05, 0.1) is 13.7 Å². The van der Waals surface area contributed by atoms with Gasteiger partial charge in [0.1, 0.15) is 17.3 Å². The summed E-state index contributed by atoms with van der Waals surface area (Å²) < 4.78 is 10.8. The molecule has 0 atom stereocenters. The van der Waals surface area contributed by atoms with Crippen molar-refractivity contribution in [3.8, 4) is 11.5 Å². The molecule has 0 spiro atoms. The fourth-order valence-corrected chi connectivity index (χ4v) is 2.16. The second kappa shape index (κ2) is 5.71. The zero-order valence-corrected chi connectivity index (χ0v) is 11.7. The molecule has 1 aliphatic rings. The van der Waals surface area contributed by atoms with Crippen molar-refractivity contribution >= 4 is 11.6 Å². The number of anilines is 1. The molecule has 106 valence electrons. The Balaban J connectivity index is 1.72. The van der Waals surface area contributed by atoms with Crippen LogP contribution in [0.3, 0.4) is 0 Å². The molecule has 2 aromatic carbocycles. The molecule has 2 aromatic rings. The molecule has 0 radical (unpaired) electrons. The molecule has 0 aliphatic carbocycles. The van der Waals surface area contributed by atoms with E-state index < -0.39 is 0 Å². The van der Waals surface area contributed by atoms with Crippen LogP contribution in [-0.4, -0.2) is 19.6 Å². The molecule has 4 nitrogen and oxygen atoms in total. The largest absolute Gasteiger partial charge is 0.499 e. The normalized spacial score (nSPS) is 14.0. The molecule has 0 saturated heterocycles. The van der Waals surface area contributed by atoms with Crippen LogP contribution in [0.25, 0.3) is 0 Å². The highest BCUT2D eigenvalue weighted by atomic mass is 16.5. The van der Waals surface area contributed by atoms with Crippen molar-refractivity contribution in [2.75, 3.05) is 18.6 Å². The molecule has 1 heterocycles. The van der Waals surface area contributed by atoms with E-state index >= 15 is 0 Å². The lowest BCUT2D eigenvalue weighted by Crippen LogP contribution is -2.25. The first-order chi connectivity index (χ1) is 10.3. The summed E-state index contributed by atoms with van der Waals surface area (Å²) in [4.78, 5) is 13.5. The van der Waals surface area contributed by atoms with Gasteiger partial charge in [-0.2, -0.15) is 0 Å². The highest BCUT2D eigenvalue weighted by Gasteiger charge is 2.23. The van der Waals surface area contributed by atoms with Gasteiger partial charge in [0.2, 0.25) is 0 Å². The quantitative estimate of drug-likeness (QED) is 0.862. The summed E-state index contributed by atoms with van der Waals surface area (Å²) in [5, 5.41) is 0. The topological polar surface area (TPSA) is 38.8 Å². The molecule has 0 N–H and O–H groups in total. The average Bonchev–Trinajstić information content (AvgIpc) is 2.90. The van der Waals surface area contributed by atoms with E-state index in [4.69, 9.17) is 9.47 Å². The molecule has 1 amide bonds. The van der Waals surface area contributed by atoms with Gasteiger partial charge in [-0.15, -0.1) is 0 Å². The Labute approximate surface area is 123 Å². The third-order valence-corrected chi connectivity index (χ3v) is 3.25. The van der Waals surface area contributed by atoms with Crippen molar-refractivity contribution in [2.24, 2.45) is 0 Å². The van der Waals surface area contributed by atoms with Crippen molar-refractivity contribution in [3.63, 3.8) is 0 Å². The van der Waals surface area contributed by atoms with Crippen LogP contribution in [0.4, 0.5) is 5.69 Å². The number of nitrogens with zero attached hydrogens (tertiary/aromatic N) is 1. The Hall–Kier alpha value is -2.75. The van der Waals surface area contributed by atoms with Crippen molar-refractivity contribution in [1.82, 2.24) is 0 Å². The van der Waals surface area contributed by atoms with Crippen LogP contribution in [0.2, 0.25) is 0 Å². The third-order valence-electron chi connectivity index (χ3n) is 3.25. The van der Waals surface area contributed by atoms with E-state index in [9.17, 15) is 4.79 Å². The van der Waals surface area contributed by atoms with Crippen LogP contribution in [0.5, 0.6) is 11.5 Å². The molecular weight excluding hydrogens is 266 g/mol. The van der Waals surface area contributed by atoms with Gasteiger partial charge >= 0.3 is 0 Å². The Morgan fingerprint density at radius 1 is 0.952 bits per heavy atom. The number of carbonyl (C=O) groups is 1. The first-order valence-electron chi connectivity index (χ1n) is 6.65. The zero-order valence-electron chi connectivity index (χ0n) is 11.7. The van der Waals surface area contributed by atoms with Gasteiger partial charge in [-0.3, -0.25) is 4.79 Å². The lowest BCUT2D eigenvalue weighted by molar-refractivity contribution is -0.113. The summed E-state index contributed by atoms with van der Waals surface area (Å²) in [5.74, 6) is 2.12. The van der Waals surface area contributed by atoms with E-state index in [-0.39, 0.29) is 5.91 Å². The number of rotatable bonds is 4. The van der Waals surface area contributed by atoms with Crippen molar-refractivity contribution < 1.29 is 14.3 Å². The molecular formula is C17H15NO3.